The molecular weight excluding hydrogens is 202 g/mol. The third kappa shape index (κ3) is 3.27. The van der Waals surface area contributed by atoms with Crippen molar-refractivity contribution in [3.05, 3.63) is 34.3 Å². The predicted octanol–water partition coefficient (Wildman–Crippen LogP) is 1.92. The Morgan fingerprint density at radius 3 is 2.79 bits per heavy atom. The second kappa shape index (κ2) is 5.98. The number of nitrogens with two attached hydrogens (primary N) is 1. The lowest BCUT2D eigenvalue weighted by Crippen LogP contribution is -2.06. The van der Waals surface area contributed by atoms with E-state index in [2.05, 4.69) is 4.84 Å². The van der Waals surface area contributed by atoms with Crippen molar-refractivity contribution in [2.75, 3.05) is 13.7 Å². The molecule has 0 fully saturated rings. The highest BCUT2D eigenvalue weighted by Crippen LogP contribution is 2.17. The Morgan fingerprint density at radius 2 is 2.14 bits per heavy atom. The van der Waals surface area contributed by atoms with Crippen molar-refractivity contribution in [1.29, 1.82) is 0 Å². The highest BCUT2D eigenvalue weighted by molar-refractivity contribution is 6.30. The van der Waals surface area contributed by atoms with Gasteiger partial charge >= 0.3 is 0 Å². The third-order valence-corrected chi connectivity index (χ3v) is 2.19. The van der Waals surface area contributed by atoms with Gasteiger partial charge in [0.05, 0.1) is 13.2 Å². The maximum atomic E-state index is 5.88. The van der Waals surface area contributed by atoms with Gasteiger partial charge in [0.25, 0.3) is 0 Å². The molecule has 0 aliphatic rings. The summed E-state index contributed by atoms with van der Waals surface area (Å²) < 4.78 is 5.07. The summed E-state index contributed by atoms with van der Waals surface area (Å²) in [6, 6.07) is 5.72. The SMILES string of the molecule is COCc1cc(Cl)ccc1CCON. The number of rotatable bonds is 5. The summed E-state index contributed by atoms with van der Waals surface area (Å²) in [4.78, 5) is 4.54. The van der Waals surface area contributed by atoms with Gasteiger partial charge in [-0.25, -0.2) is 5.90 Å². The molecule has 0 atom stereocenters. The van der Waals surface area contributed by atoms with Crippen LogP contribution in [-0.2, 0) is 22.6 Å². The summed E-state index contributed by atoms with van der Waals surface area (Å²) in [7, 11) is 1.66. The molecule has 1 rings (SSSR count). The van der Waals surface area contributed by atoms with E-state index in [1.54, 1.807) is 7.11 Å². The monoisotopic (exact) mass is 215 g/mol. The Balaban J connectivity index is 2.78. The lowest BCUT2D eigenvalue weighted by Gasteiger charge is -2.08. The van der Waals surface area contributed by atoms with Gasteiger partial charge in [-0.2, -0.15) is 0 Å². The molecule has 1 aromatic rings. The maximum absolute atomic E-state index is 5.88. The quantitative estimate of drug-likeness (QED) is 0.764. The number of hydrogen-bond donors (Lipinski definition) is 1. The van der Waals surface area contributed by atoms with Gasteiger partial charge in [0.2, 0.25) is 0 Å². The van der Waals surface area contributed by atoms with Crippen molar-refractivity contribution in [2.24, 2.45) is 5.90 Å². The molecule has 0 heterocycles. The van der Waals surface area contributed by atoms with Gasteiger partial charge < -0.3 is 9.57 Å². The maximum Gasteiger partial charge on any atom is 0.0719 e. The first-order chi connectivity index (χ1) is 6.77. The summed E-state index contributed by atoms with van der Waals surface area (Å²) in [5, 5.41) is 0.717. The van der Waals surface area contributed by atoms with E-state index >= 15 is 0 Å². The first kappa shape index (κ1) is 11.5. The number of hydrogen-bond acceptors (Lipinski definition) is 3. The lowest BCUT2D eigenvalue weighted by atomic mass is 10.1. The van der Waals surface area contributed by atoms with Crippen LogP contribution in [0, 0.1) is 0 Å². The van der Waals surface area contributed by atoms with E-state index in [0.29, 0.717) is 13.2 Å². The number of benzene rings is 1. The zero-order valence-corrected chi connectivity index (χ0v) is 8.88. The van der Waals surface area contributed by atoms with Crippen molar-refractivity contribution >= 4 is 11.6 Å². The fourth-order valence-corrected chi connectivity index (χ4v) is 1.49. The van der Waals surface area contributed by atoms with Crippen LogP contribution in [-0.4, -0.2) is 13.7 Å². The smallest absolute Gasteiger partial charge is 0.0719 e. The van der Waals surface area contributed by atoms with Gasteiger partial charge in [0.1, 0.15) is 0 Å². The van der Waals surface area contributed by atoms with Crippen molar-refractivity contribution in [1.82, 2.24) is 0 Å². The Kier molecular flexibility index (Phi) is 4.90. The van der Waals surface area contributed by atoms with Crippen molar-refractivity contribution < 1.29 is 9.57 Å². The van der Waals surface area contributed by atoms with Gasteiger partial charge in [-0.1, -0.05) is 17.7 Å². The largest absolute Gasteiger partial charge is 0.380 e. The van der Waals surface area contributed by atoms with Crippen molar-refractivity contribution in [3.8, 4) is 0 Å². The normalized spacial score (nSPS) is 10.5. The molecule has 3 nitrogen and oxygen atoms in total. The van der Waals surface area contributed by atoms with Crippen LogP contribution in [0.4, 0.5) is 0 Å². The number of ether oxygens (including phenoxy) is 1. The first-order valence-electron chi connectivity index (χ1n) is 4.36. The summed E-state index contributed by atoms with van der Waals surface area (Å²) >= 11 is 5.88. The van der Waals surface area contributed by atoms with Crippen molar-refractivity contribution in [2.45, 2.75) is 13.0 Å². The van der Waals surface area contributed by atoms with E-state index < -0.39 is 0 Å². The molecule has 78 valence electrons. The number of halogens is 1. The molecule has 0 saturated heterocycles. The molecule has 1 aromatic carbocycles. The molecule has 0 radical (unpaired) electrons. The van der Waals surface area contributed by atoms with E-state index in [4.69, 9.17) is 22.2 Å². The highest BCUT2D eigenvalue weighted by atomic mass is 35.5. The highest BCUT2D eigenvalue weighted by Gasteiger charge is 2.03. The Bertz CT molecular complexity index is 291. The van der Waals surface area contributed by atoms with Crippen LogP contribution in [0.3, 0.4) is 0 Å². The molecule has 14 heavy (non-hydrogen) atoms. The molecule has 0 bridgehead atoms. The van der Waals surface area contributed by atoms with Crippen LogP contribution in [0.5, 0.6) is 0 Å². The molecule has 0 aliphatic carbocycles. The molecule has 0 aliphatic heterocycles. The van der Waals surface area contributed by atoms with Crippen molar-refractivity contribution in [3.63, 3.8) is 0 Å². The van der Waals surface area contributed by atoms with E-state index in [9.17, 15) is 0 Å². The molecule has 0 spiro atoms. The van der Waals surface area contributed by atoms with Crippen LogP contribution in [0.25, 0.3) is 0 Å². The molecule has 0 unspecified atom stereocenters. The average molecular weight is 216 g/mol. The van der Waals surface area contributed by atoms with E-state index in [0.717, 1.165) is 22.6 Å². The Morgan fingerprint density at radius 1 is 1.36 bits per heavy atom. The van der Waals surface area contributed by atoms with E-state index in [1.165, 1.54) is 0 Å². The summed E-state index contributed by atoms with van der Waals surface area (Å²) in [5.41, 5.74) is 2.23. The standard InChI is InChI=1S/C10H14ClNO2/c1-13-7-9-6-10(11)3-2-8(9)4-5-14-12/h2-3,6H,4-5,7,12H2,1H3. The average Bonchev–Trinajstić information content (AvgIpc) is 2.17. The molecule has 0 amide bonds. The molecule has 2 N–H and O–H groups in total. The second-order valence-corrected chi connectivity index (χ2v) is 3.40. The number of methoxy groups -OCH3 is 1. The van der Waals surface area contributed by atoms with Gasteiger partial charge in [0.15, 0.2) is 0 Å². The Hall–Kier alpha value is -0.610. The zero-order valence-electron chi connectivity index (χ0n) is 8.13. The minimum atomic E-state index is 0.498. The van der Waals surface area contributed by atoms with Gasteiger partial charge in [-0.3, -0.25) is 0 Å². The second-order valence-electron chi connectivity index (χ2n) is 2.97. The molecule has 0 saturated carbocycles. The predicted molar refractivity (Wildman–Crippen MR) is 56.0 cm³/mol. The summed E-state index contributed by atoms with van der Waals surface area (Å²) in [6.07, 6.45) is 0.770. The summed E-state index contributed by atoms with van der Waals surface area (Å²) in [5.74, 6) is 4.97. The van der Waals surface area contributed by atoms with Crippen LogP contribution in [0.2, 0.25) is 5.02 Å². The van der Waals surface area contributed by atoms with E-state index in [1.807, 2.05) is 18.2 Å². The minimum Gasteiger partial charge on any atom is -0.380 e. The van der Waals surface area contributed by atoms with Crippen LogP contribution in [0.15, 0.2) is 18.2 Å². The Labute approximate surface area is 88.7 Å². The van der Waals surface area contributed by atoms with Gasteiger partial charge in [-0.05, 0) is 29.7 Å². The van der Waals surface area contributed by atoms with E-state index in [-0.39, 0.29) is 0 Å². The molecule has 0 aromatic heterocycles. The first-order valence-corrected chi connectivity index (χ1v) is 4.73. The third-order valence-electron chi connectivity index (χ3n) is 1.96. The van der Waals surface area contributed by atoms with Gasteiger partial charge in [0, 0.05) is 12.1 Å². The van der Waals surface area contributed by atoms with Crippen LogP contribution in [0.1, 0.15) is 11.1 Å². The molecule has 4 heteroatoms. The van der Waals surface area contributed by atoms with Crippen LogP contribution < -0.4 is 5.90 Å². The fourth-order valence-electron chi connectivity index (χ4n) is 1.30. The zero-order chi connectivity index (χ0) is 10.4. The lowest BCUT2D eigenvalue weighted by molar-refractivity contribution is 0.140. The topological polar surface area (TPSA) is 44.5 Å². The summed E-state index contributed by atoms with van der Waals surface area (Å²) in [6.45, 7) is 1.05. The van der Waals surface area contributed by atoms with Gasteiger partial charge in [-0.15, -0.1) is 0 Å². The molecular formula is C10H14ClNO2. The minimum absolute atomic E-state index is 0.498. The van der Waals surface area contributed by atoms with Crippen LogP contribution >= 0.6 is 11.6 Å². The fraction of sp³-hybridized carbons (Fsp3) is 0.400.